The molecule has 0 bridgehead atoms. The highest BCUT2D eigenvalue weighted by Crippen LogP contribution is 2.26. The number of esters is 1. The van der Waals surface area contributed by atoms with Gasteiger partial charge in [0.05, 0.1) is 24.9 Å². The molecule has 0 spiro atoms. The minimum absolute atomic E-state index is 0.0187. The van der Waals surface area contributed by atoms with E-state index in [1.807, 2.05) is 25.1 Å². The van der Waals surface area contributed by atoms with Crippen molar-refractivity contribution in [2.75, 3.05) is 7.11 Å². The highest BCUT2D eigenvalue weighted by atomic mass is 19.1. The second-order valence-corrected chi connectivity index (χ2v) is 5.18. The van der Waals surface area contributed by atoms with E-state index in [4.69, 9.17) is 4.74 Å². The molecule has 1 aromatic carbocycles. The van der Waals surface area contributed by atoms with Crippen LogP contribution in [-0.2, 0) is 16.0 Å². The van der Waals surface area contributed by atoms with Crippen LogP contribution in [0.2, 0.25) is 0 Å². The van der Waals surface area contributed by atoms with Crippen molar-refractivity contribution in [1.82, 2.24) is 9.38 Å². The van der Waals surface area contributed by atoms with Gasteiger partial charge in [0.25, 0.3) is 0 Å². The Balaban J connectivity index is 2.09. The highest BCUT2D eigenvalue weighted by molar-refractivity contribution is 5.74. The molecular formula is C17H15FN4O2. The van der Waals surface area contributed by atoms with Crippen molar-refractivity contribution in [2.24, 2.45) is 10.2 Å². The molecule has 6 nitrogen and oxygen atoms in total. The molecule has 0 aliphatic rings. The number of imidazole rings is 1. The number of rotatable bonds is 4. The van der Waals surface area contributed by atoms with E-state index in [0.29, 0.717) is 22.8 Å². The van der Waals surface area contributed by atoms with E-state index in [1.165, 1.54) is 19.2 Å². The van der Waals surface area contributed by atoms with Gasteiger partial charge in [0.2, 0.25) is 0 Å². The van der Waals surface area contributed by atoms with Crippen molar-refractivity contribution >= 4 is 23.1 Å². The van der Waals surface area contributed by atoms with E-state index in [-0.39, 0.29) is 6.42 Å². The van der Waals surface area contributed by atoms with Crippen LogP contribution in [-0.4, -0.2) is 22.5 Å². The Bertz CT molecular complexity index is 933. The maximum Gasteiger partial charge on any atom is 0.311 e. The van der Waals surface area contributed by atoms with Crippen LogP contribution in [0.3, 0.4) is 0 Å². The molecule has 0 saturated heterocycles. The third-order valence-electron chi connectivity index (χ3n) is 3.49. The number of methoxy groups -OCH3 is 1. The average molecular weight is 326 g/mol. The second kappa shape index (κ2) is 6.57. The van der Waals surface area contributed by atoms with Gasteiger partial charge in [0, 0.05) is 11.8 Å². The van der Waals surface area contributed by atoms with Crippen LogP contribution in [0.4, 0.5) is 15.9 Å². The first-order valence-corrected chi connectivity index (χ1v) is 7.29. The predicted molar refractivity (Wildman–Crippen MR) is 86.2 cm³/mol. The Morgan fingerprint density at radius 1 is 1.25 bits per heavy atom. The summed E-state index contributed by atoms with van der Waals surface area (Å²) in [6.07, 6.45) is -0.0187. The molecule has 0 atom stereocenters. The molecular weight excluding hydrogens is 311 g/mol. The molecule has 0 N–H and O–H groups in total. The molecule has 3 rings (SSSR count). The number of hydrogen-bond acceptors (Lipinski definition) is 5. The minimum atomic E-state index is -0.418. The lowest BCUT2D eigenvalue weighted by Crippen LogP contribution is -2.04. The summed E-state index contributed by atoms with van der Waals surface area (Å²) in [5.41, 5.74) is 2.38. The quantitative estimate of drug-likeness (QED) is 0.539. The maximum atomic E-state index is 13.3. The zero-order valence-corrected chi connectivity index (χ0v) is 13.2. The second-order valence-electron chi connectivity index (χ2n) is 5.18. The summed E-state index contributed by atoms with van der Waals surface area (Å²) < 4.78 is 19.8. The summed E-state index contributed by atoms with van der Waals surface area (Å²) in [4.78, 5) is 16.0. The Morgan fingerprint density at radius 2 is 2.04 bits per heavy atom. The van der Waals surface area contributed by atoms with Crippen molar-refractivity contribution < 1.29 is 13.9 Å². The Hall–Kier alpha value is -3.09. The zero-order chi connectivity index (χ0) is 17.1. The van der Waals surface area contributed by atoms with Gasteiger partial charge in [-0.2, -0.15) is 0 Å². The van der Waals surface area contributed by atoms with Gasteiger partial charge < -0.3 is 4.74 Å². The first kappa shape index (κ1) is 15.8. The largest absolute Gasteiger partial charge is 0.469 e. The highest BCUT2D eigenvalue weighted by Gasteiger charge is 2.16. The molecule has 0 saturated carbocycles. The monoisotopic (exact) mass is 326 g/mol. The molecule has 122 valence electrons. The number of hydrogen-bond donors (Lipinski definition) is 0. The van der Waals surface area contributed by atoms with Gasteiger partial charge in [0.15, 0.2) is 5.82 Å². The van der Waals surface area contributed by atoms with Crippen LogP contribution in [0.15, 0.2) is 52.7 Å². The first-order chi connectivity index (χ1) is 11.6. The van der Waals surface area contributed by atoms with Crippen molar-refractivity contribution in [3.63, 3.8) is 0 Å². The Morgan fingerprint density at radius 3 is 2.79 bits per heavy atom. The van der Waals surface area contributed by atoms with Gasteiger partial charge in [-0.05, 0) is 31.2 Å². The van der Waals surface area contributed by atoms with E-state index in [9.17, 15) is 9.18 Å². The summed E-state index contributed by atoms with van der Waals surface area (Å²) >= 11 is 0. The molecule has 2 heterocycles. The van der Waals surface area contributed by atoms with Gasteiger partial charge in [-0.3, -0.25) is 9.20 Å². The van der Waals surface area contributed by atoms with Gasteiger partial charge in [0.1, 0.15) is 11.5 Å². The van der Waals surface area contributed by atoms with Gasteiger partial charge in [-0.1, -0.05) is 12.1 Å². The molecule has 0 fully saturated rings. The molecule has 0 aliphatic carbocycles. The third-order valence-corrected chi connectivity index (χ3v) is 3.49. The molecule has 0 unspecified atom stereocenters. The predicted octanol–water partition coefficient (Wildman–Crippen LogP) is 3.91. The van der Waals surface area contributed by atoms with Crippen LogP contribution in [0.25, 0.3) is 5.65 Å². The number of carbonyl (C=O) groups excluding carboxylic acids is 1. The molecule has 24 heavy (non-hydrogen) atoms. The minimum Gasteiger partial charge on any atom is -0.469 e. The zero-order valence-electron chi connectivity index (χ0n) is 13.2. The SMILES string of the molecule is COC(=O)Cc1nc2cccc(C)n2c1N=Nc1cccc(F)c1. The van der Waals surface area contributed by atoms with Crippen LogP contribution in [0.1, 0.15) is 11.4 Å². The number of azo groups is 1. The number of pyridine rings is 1. The van der Waals surface area contributed by atoms with E-state index >= 15 is 0 Å². The average Bonchev–Trinajstić information content (AvgIpc) is 2.91. The fourth-order valence-electron chi connectivity index (χ4n) is 2.36. The molecule has 0 radical (unpaired) electrons. The first-order valence-electron chi connectivity index (χ1n) is 7.29. The lowest BCUT2D eigenvalue weighted by molar-refractivity contribution is -0.139. The molecule has 2 aromatic heterocycles. The van der Waals surface area contributed by atoms with Crippen molar-refractivity contribution in [3.05, 3.63) is 59.7 Å². The Kier molecular flexibility index (Phi) is 4.33. The number of nitrogens with zero attached hydrogens (tertiary/aromatic N) is 4. The fourth-order valence-corrected chi connectivity index (χ4v) is 2.36. The maximum absolute atomic E-state index is 13.3. The lowest BCUT2D eigenvalue weighted by atomic mass is 10.3. The van der Waals surface area contributed by atoms with Gasteiger partial charge in [-0.25, -0.2) is 9.37 Å². The van der Waals surface area contributed by atoms with Crippen molar-refractivity contribution in [2.45, 2.75) is 13.3 Å². The van der Waals surface area contributed by atoms with Crippen LogP contribution in [0, 0.1) is 12.7 Å². The van der Waals surface area contributed by atoms with Crippen LogP contribution in [0.5, 0.6) is 0 Å². The van der Waals surface area contributed by atoms with Crippen LogP contribution >= 0.6 is 0 Å². The van der Waals surface area contributed by atoms with E-state index in [1.54, 1.807) is 16.5 Å². The summed E-state index contributed by atoms with van der Waals surface area (Å²) in [6.45, 7) is 1.90. The summed E-state index contributed by atoms with van der Waals surface area (Å²) in [5.74, 6) is -0.383. The number of ether oxygens (including phenoxy) is 1. The number of aromatic nitrogens is 2. The number of aryl methyl sites for hydroxylation is 1. The number of benzene rings is 1. The summed E-state index contributed by atoms with van der Waals surface area (Å²) in [5, 5.41) is 8.27. The van der Waals surface area contributed by atoms with E-state index in [2.05, 4.69) is 15.2 Å². The normalized spacial score (nSPS) is 11.3. The topological polar surface area (TPSA) is 68.3 Å². The number of halogens is 1. The molecule has 0 amide bonds. The number of fused-ring (bicyclic) bond motifs is 1. The Labute approximate surface area is 137 Å². The van der Waals surface area contributed by atoms with Gasteiger partial charge >= 0.3 is 5.97 Å². The lowest BCUT2D eigenvalue weighted by Gasteiger charge is -2.02. The summed E-state index contributed by atoms with van der Waals surface area (Å²) in [6, 6.07) is 11.4. The fraction of sp³-hybridized carbons (Fsp3) is 0.176. The number of carbonyl (C=O) groups is 1. The standard InChI is InChI=1S/C17H15FN4O2/c1-11-5-3-8-15-19-14(10-16(23)24-2)17(22(11)15)21-20-13-7-4-6-12(18)9-13/h3-9H,10H2,1-2H3. The summed E-state index contributed by atoms with van der Waals surface area (Å²) in [7, 11) is 1.32. The van der Waals surface area contributed by atoms with E-state index in [0.717, 1.165) is 5.69 Å². The van der Waals surface area contributed by atoms with Crippen molar-refractivity contribution in [3.8, 4) is 0 Å². The molecule has 7 heteroatoms. The van der Waals surface area contributed by atoms with Gasteiger partial charge in [-0.15, -0.1) is 10.2 Å². The molecule has 0 aliphatic heterocycles. The van der Waals surface area contributed by atoms with Crippen molar-refractivity contribution in [1.29, 1.82) is 0 Å². The van der Waals surface area contributed by atoms with E-state index < -0.39 is 11.8 Å². The smallest absolute Gasteiger partial charge is 0.311 e. The third kappa shape index (κ3) is 3.15. The molecule has 3 aromatic rings. The van der Waals surface area contributed by atoms with Crippen LogP contribution < -0.4 is 0 Å².